The third-order valence-electron chi connectivity index (χ3n) is 7.06. The molecule has 0 aliphatic carbocycles. The minimum Gasteiger partial charge on any atom is -0.396 e. The molecule has 1 saturated heterocycles. The van der Waals surface area contributed by atoms with Gasteiger partial charge >= 0.3 is 0 Å². The van der Waals surface area contributed by atoms with E-state index in [-0.39, 0.29) is 60.1 Å². The topological polar surface area (TPSA) is 83.4 Å². The Hall–Kier alpha value is -0.250. The highest BCUT2D eigenvalue weighted by Gasteiger charge is 2.39. The second-order valence-corrected chi connectivity index (χ2v) is 24.6. The molecule has 3 rings (SSSR count). The molecule has 0 saturated carbocycles. The quantitative estimate of drug-likeness (QED) is 0.227. The summed E-state index contributed by atoms with van der Waals surface area (Å²) in [6.07, 6.45) is -1.72. The van der Waals surface area contributed by atoms with Crippen LogP contribution in [0.15, 0.2) is 60.7 Å². The summed E-state index contributed by atoms with van der Waals surface area (Å²) in [5, 5.41) is 20.1. The summed E-state index contributed by atoms with van der Waals surface area (Å²) in [5.74, 6) is 0. The van der Waals surface area contributed by atoms with Crippen molar-refractivity contribution in [1.82, 2.24) is 9.99 Å². The molecule has 0 amide bonds. The Morgan fingerprint density at radius 1 is 0.898 bits per heavy atom. The Bertz CT molecular complexity index is 1240. The zero-order chi connectivity index (χ0) is 37.6. The van der Waals surface area contributed by atoms with Crippen molar-refractivity contribution in [3.63, 3.8) is 0 Å². The number of hydrogen-bond acceptors (Lipinski definition) is 8. The lowest BCUT2D eigenvalue weighted by Crippen LogP contribution is -2.30. The number of rotatable bonds is 8. The van der Waals surface area contributed by atoms with E-state index in [4.69, 9.17) is 47.4 Å². The van der Waals surface area contributed by atoms with Crippen LogP contribution in [0.25, 0.3) is 0 Å². The van der Waals surface area contributed by atoms with Gasteiger partial charge in [-0.05, 0) is 67.1 Å². The van der Waals surface area contributed by atoms with E-state index < -0.39 is 12.9 Å². The second kappa shape index (κ2) is 22.7. The largest absolute Gasteiger partial charge is 0.396 e. The van der Waals surface area contributed by atoms with Gasteiger partial charge in [-0.15, -0.1) is 12.4 Å². The monoisotopic (exact) mass is 782 g/mol. The van der Waals surface area contributed by atoms with Crippen LogP contribution >= 0.6 is 25.3 Å². The summed E-state index contributed by atoms with van der Waals surface area (Å²) in [7, 11) is 3.99. The van der Waals surface area contributed by atoms with E-state index >= 15 is 0 Å². The Morgan fingerprint density at radius 3 is 1.63 bits per heavy atom. The molecule has 12 heteroatoms. The van der Waals surface area contributed by atoms with Crippen molar-refractivity contribution in [3.8, 4) is 0 Å². The molecule has 0 aromatic heterocycles. The first-order valence-corrected chi connectivity index (χ1v) is 22.9. The van der Waals surface area contributed by atoms with Crippen LogP contribution in [-0.2, 0) is 37.2 Å². The average molecular weight is 784 g/mol. The Balaban J connectivity index is 0. The molecule has 6 unspecified atom stereocenters. The molecular formula is C37H69ClN2O5P2S2. The van der Waals surface area contributed by atoms with Gasteiger partial charge in [-0.3, -0.25) is 4.67 Å². The maximum Gasteiger partial charge on any atom is 0.186 e. The van der Waals surface area contributed by atoms with Crippen molar-refractivity contribution in [2.45, 2.75) is 100 Å². The number of benzene rings is 2. The first-order valence-electron chi connectivity index (χ1n) is 16.7. The molecule has 0 spiro atoms. The maximum absolute atomic E-state index is 8.40. The second-order valence-electron chi connectivity index (χ2n) is 16.1. The van der Waals surface area contributed by atoms with Crippen molar-refractivity contribution in [3.05, 3.63) is 71.8 Å². The molecule has 0 bridgehead atoms. The molecular weight excluding hydrogens is 714 g/mol. The van der Waals surface area contributed by atoms with Crippen molar-refractivity contribution >= 4 is 48.9 Å². The van der Waals surface area contributed by atoms with Gasteiger partial charge in [-0.1, -0.05) is 135 Å². The van der Waals surface area contributed by atoms with E-state index in [1.54, 1.807) is 0 Å². The summed E-state index contributed by atoms with van der Waals surface area (Å²) in [6, 6.07) is 21.0. The first-order chi connectivity index (χ1) is 21.8. The molecule has 3 N–H and O–H groups in total. The third kappa shape index (κ3) is 22.4. The SMILES string of the molecule is CC(C)(C)CO.CC(C)(C)CO.CC1C(c2ccccc2)OP(C)(=S)N1C.CNC(C)C(OP(C)(=S)OCC(C)(C)C)c1ccccc1.Cl. The van der Waals surface area contributed by atoms with Crippen LogP contribution in [0.2, 0.25) is 0 Å². The number of halogens is 1. The lowest BCUT2D eigenvalue weighted by Gasteiger charge is -2.31. The minimum absolute atomic E-state index is 0. The Kier molecular flexibility index (Phi) is 23.6. The van der Waals surface area contributed by atoms with E-state index in [1.807, 2.05) is 98.3 Å². The number of nitrogens with one attached hydrogen (secondary N) is 1. The number of aliphatic hydroxyl groups is 2. The molecule has 2 aromatic rings. The Morgan fingerprint density at radius 2 is 1.31 bits per heavy atom. The first kappa shape index (κ1) is 50.9. The summed E-state index contributed by atoms with van der Waals surface area (Å²) in [5.41, 5.74) is 2.63. The number of hydrogen-bond donors (Lipinski definition) is 3. The van der Waals surface area contributed by atoms with Gasteiger partial charge in [0, 0.05) is 38.6 Å². The van der Waals surface area contributed by atoms with Crippen molar-refractivity contribution in [2.75, 3.05) is 47.2 Å². The summed E-state index contributed by atoms with van der Waals surface area (Å²) < 4.78 is 20.3. The lowest BCUT2D eigenvalue weighted by molar-refractivity contribution is 0.129. The van der Waals surface area contributed by atoms with Gasteiger partial charge in [-0.2, -0.15) is 0 Å². The van der Waals surface area contributed by atoms with Gasteiger partial charge in [0.2, 0.25) is 0 Å². The van der Waals surface area contributed by atoms with Crippen LogP contribution < -0.4 is 5.32 Å². The standard InChI is InChI=1S/C16H28NO2PS.C11H16NOPS.2C5H12O.ClH/c1-13(17-5)15(14-10-8-7-9-11-14)19-20(6,21)18-12-16(2,3)4;1-9-11(10-7-5-4-6-8-10)13-14(3,15)12(9)2;2*1-5(2,3)4-6;/h7-11,13,15,17H,12H2,1-6H3;4-9,11H,1-3H3;2*6H,4H2,1-3H3;1H. The van der Waals surface area contributed by atoms with E-state index in [1.165, 1.54) is 5.56 Å². The fraction of sp³-hybridized carbons (Fsp3) is 0.676. The molecule has 49 heavy (non-hydrogen) atoms. The molecule has 6 atom stereocenters. The zero-order valence-electron chi connectivity index (χ0n) is 32.9. The highest BCUT2D eigenvalue weighted by molar-refractivity contribution is 8.10. The fourth-order valence-corrected chi connectivity index (χ4v) is 7.88. The molecule has 1 heterocycles. The lowest BCUT2D eigenvalue weighted by atomic mass is 9.99. The van der Waals surface area contributed by atoms with Crippen molar-refractivity contribution in [1.29, 1.82) is 0 Å². The van der Waals surface area contributed by atoms with Gasteiger partial charge in [0.25, 0.3) is 0 Å². The van der Waals surface area contributed by atoms with E-state index in [2.05, 4.69) is 75.9 Å². The molecule has 0 radical (unpaired) electrons. The molecule has 1 aliphatic rings. The van der Waals surface area contributed by atoms with Gasteiger partial charge in [0.05, 0.1) is 6.61 Å². The van der Waals surface area contributed by atoms with Gasteiger partial charge in [0.15, 0.2) is 6.49 Å². The van der Waals surface area contributed by atoms with Crippen LogP contribution in [0, 0.1) is 16.2 Å². The van der Waals surface area contributed by atoms with Crippen molar-refractivity contribution in [2.24, 2.45) is 16.2 Å². The smallest absolute Gasteiger partial charge is 0.186 e. The predicted molar refractivity (Wildman–Crippen MR) is 222 cm³/mol. The van der Waals surface area contributed by atoms with Gasteiger partial charge in [-0.25, -0.2) is 0 Å². The number of aliphatic hydroxyl groups excluding tert-OH is 2. The van der Waals surface area contributed by atoms with Crippen LogP contribution in [0.3, 0.4) is 0 Å². The Labute approximate surface area is 317 Å². The van der Waals surface area contributed by atoms with Crippen LogP contribution in [0.4, 0.5) is 0 Å². The molecule has 286 valence electrons. The maximum atomic E-state index is 8.40. The summed E-state index contributed by atoms with van der Waals surface area (Å²) in [4.78, 5) is 0. The molecule has 7 nitrogen and oxygen atoms in total. The summed E-state index contributed by atoms with van der Waals surface area (Å²) in [6.45, 7) is 25.4. The minimum atomic E-state index is -2.28. The highest BCUT2D eigenvalue weighted by atomic mass is 35.5. The fourth-order valence-electron chi connectivity index (χ4n) is 3.66. The summed E-state index contributed by atoms with van der Waals surface area (Å²) >= 11 is 11.1. The predicted octanol–water partition coefficient (Wildman–Crippen LogP) is 9.84. The van der Waals surface area contributed by atoms with Crippen LogP contribution in [-0.4, -0.2) is 74.2 Å². The molecule has 2 aromatic carbocycles. The van der Waals surface area contributed by atoms with E-state index in [9.17, 15) is 0 Å². The normalized spacial score (nSPS) is 22.0. The van der Waals surface area contributed by atoms with Crippen molar-refractivity contribution < 1.29 is 23.8 Å². The zero-order valence-corrected chi connectivity index (χ0v) is 37.1. The number of nitrogens with zero attached hydrogens (tertiary/aromatic N) is 1. The van der Waals surface area contributed by atoms with Gasteiger partial charge < -0.3 is 29.1 Å². The molecule has 1 aliphatic heterocycles. The van der Waals surface area contributed by atoms with Gasteiger partial charge in [0.1, 0.15) is 18.6 Å². The highest BCUT2D eigenvalue weighted by Crippen LogP contribution is 2.59. The molecule has 1 fully saturated rings. The average Bonchev–Trinajstić information content (AvgIpc) is 3.22. The number of likely N-dealkylation sites (N-methyl/N-ethyl adjacent to an activating group) is 2. The van der Waals surface area contributed by atoms with E-state index in [0.717, 1.165) is 5.56 Å². The van der Waals surface area contributed by atoms with Crippen LogP contribution in [0.1, 0.15) is 99.5 Å². The van der Waals surface area contributed by atoms with E-state index in [0.29, 0.717) is 12.6 Å². The van der Waals surface area contributed by atoms with Crippen LogP contribution in [0.5, 0.6) is 0 Å². The third-order valence-corrected chi connectivity index (χ3v) is 12.0.